The van der Waals surface area contributed by atoms with Crippen LogP contribution >= 0.6 is 15.9 Å². The van der Waals surface area contributed by atoms with E-state index >= 15 is 0 Å². The largest absolute Gasteiger partial charge is 0.449 e. The number of carbonyl (C=O) groups is 2. The average Bonchev–Trinajstić information content (AvgIpc) is 2.25. The van der Waals surface area contributed by atoms with Gasteiger partial charge in [0.2, 0.25) is 0 Å². The maximum absolute atomic E-state index is 12.0. The van der Waals surface area contributed by atoms with Gasteiger partial charge in [0.25, 0.3) is 5.91 Å². The van der Waals surface area contributed by atoms with E-state index in [-0.39, 0.29) is 11.4 Å². The van der Waals surface area contributed by atoms with Crippen molar-refractivity contribution in [1.29, 1.82) is 0 Å². The lowest BCUT2D eigenvalue weighted by Crippen LogP contribution is -2.46. The van der Waals surface area contributed by atoms with Crippen LogP contribution in [0.3, 0.4) is 0 Å². The number of esters is 1. The predicted molar refractivity (Wildman–Crippen MR) is 81.3 cm³/mol. The second-order valence-corrected chi connectivity index (χ2v) is 6.48. The van der Waals surface area contributed by atoms with Crippen molar-refractivity contribution >= 4 is 33.5 Å². The van der Waals surface area contributed by atoms with Gasteiger partial charge in [-0.25, -0.2) is 4.79 Å². The summed E-state index contributed by atoms with van der Waals surface area (Å²) in [5.41, 5.74) is 6.02. The molecule has 110 valence electrons. The van der Waals surface area contributed by atoms with E-state index in [4.69, 9.17) is 10.5 Å². The van der Waals surface area contributed by atoms with E-state index < -0.39 is 12.1 Å². The molecule has 1 amide bonds. The smallest absolute Gasteiger partial charge is 0.339 e. The molecule has 20 heavy (non-hydrogen) atoms. The number of ether oxygens (including phenoxy) is 1. The Hall–Kier alpha value is -1.56. The van der Waals surface area contributed by atoms with Gasteiger partial charge in [0.05, 0.1) is 5.56 Å². The van der Waals surface area contributed by atoms with Crippen molar-refractivity contribution in [3.8, 4) is 0 Å². The zero-order valence-electron chi connectivity index (χ0n) is 12.0. The number of benzene rings is 1. The summed E-state index contributed by atoms with van der Waals surface area (Å²) in [6, 6.07) is 4.76. The average molecular weight is 343 g/mol. The molecule has 0 heterocycles. The molecule has 6 heteroatoms. The highest BCUT2D eigenvalue weighted by molar-refractivity contribution is 9.10. The van der Waals surface area contributed by atoms with Crippen LogP contribution in [0.4, 0.5) is 5.69 Å². The molecular weight excluding hydrogens is 324 g/mol. The first-order valence-corrected chi connectivity index (χ1v) is 6.97. The molecule has 0 saturated heterocycles. The number of nitrogen functional groups attached to an aromatic ring is 1. The van der Waals surface area contributed by atoms with Gasteiger partial charge in [-0.2, -0.15) is 0 Å². The second-order valence-electron chi connectivity index (χ2n) is 5.56. The van der Waals surface area contributed by atoms with Gasteiger partial charge in [-0.3, -0.25) is 4.79 Å². The molecule has 1 aromatic carbocycles. The first-order chi connectivity index (χ1) is 9.08. The van der Waals surface area contributed by atoms with Crippen LogP contribution in [-0.4, -0.2) is 23.5 Å². The third-order valence-corrected chi connectivity index (χ3v) is 2.76. The number of nitrogens with two attached hydrogens (primary N) is 1. The molecule has 1 unspecified atom stereocenters. The highest BCUT2D eigenvalue weighted by Gasteiger charge is 2.23. The third-order valence-electron chi connectivity index (χ3n) is 2.31. The Labute approximate surface area is 127 Å². The van der Waals surface area contributed by atoms with Crippen LogP contribution in [0.2, 0.25) is 0 Å². The topological polar surface area (TPSA) is 81.4 Å². The SMILES string of the molecule is CC(OC(=O)c1cc(N)cc(Br)c1)C(=O)NC(C)(C)C. The van der Waals surface area contributed by atoms with E-state index in [1.54, 1.807) is 12.1 Å². The number of hydrogen-bond donors (Lipinski definition) is 2. The Balaban J connectivity index is 2.72. The first-order valence-electron chi connectivity index (χ1n) is 6.17. The Morgan fingerprint density at radius 3 is 2.40 bits per heavy atom. The molecular formula is C14H19BrN2O3. The monoisotopic (exact) mass is 342 g/mol. The van der Waals surface area contributed by atoms with Gasteiger partial charge in [0, 0.05) is 15.7 Å². The predicted octanol–water partition coefficient (Wildman–Crippen LogP) is 2.49. The molecule has 3 N–H and O–H groups in total. The van der Waals surface area contributed by atoms with Crippen LogP contribution in [0.1, 0.15) is 38.1 Å². The van der Waals surface area contributed by atoms with Crippen molar-refractivity contribution < 1.29 is 14.3 Å². The van der Waals surface area contributed by atoms with Crippen molar-refractivity contribution in [1.82, 2.24) is 5.32 Å². The number of halogens is 1. The lowest BCUT2D eigenvalue weighted by molar-refractivity contribution is -0.130. The Kier molecular flexibility index (Phi) is 5.16. The minimum Gasteiger partial charge on any atom is -0.449 e. The fourth-order valence-corrected chi connectivity index (χ4v) is 1.99. The standard InChI is InChI=1S/C14H19BrN2O3/c1-8(12(18)17-14(2,3)4)20-13(19)9-5-10(15)7-11(16)6-9/h5-8H,16H2,1-4H3,(H,17,18). The van der Waals surface area contributed by atoms with Crippen molar-refractivity contribution in [3.05, 3.63) is 28.2 Å². The van der Waals surface area contributed by atoms with Crippen LogP contribution in [0.15, 0.2) is 22.7 Å². The van der Waals surface area contributed by atoms with Gasteiger partial charge in [-0.05, 0) is 45.9 Å². The van der Waals surface area contributed by atoms with E-state index in [0.717, 1.165) is 0 Å². The van der Waals surface area contributed by atoms with Gasteiger partial charge in [0.1, 0.15) is 0 Å². The van der Waals surface area contributed by atoms with E-state index in [0.29, 0.717) is 15.7 Å². The molecule has 0 bridgehead atoms. The quantitative estimate of drug-likeness (QED) is 0.653. The van der Waals surface area contributed by atoms with Crippen LogP contribution in [-0.2, 0) is 9.53 Å². The zero-order valence-corrected chi connectivity index (χ0v) is 13.6. The highest BCUT2D eigenvalue weighted by atomic mass is 79.9. The molecule has 5 nitrogen and oxygen atoms in total. The molecule has 0 saturated carbocycles. The number of amides is 1. The number of anilines is 1. The normalized spacial score (nSPS) is 12.7. The number of hydrogen-bond acceptors (Lipinski definition) is 4. The summed E-state index contributed by atoms with van der Waals surface area (Å²) in [4.78, 5) is 23.8. The molecule has 0 radical (unpaired) electrons. The maximum Gasteiger partial charge on any atom is 0.339 e. The summed E-state index contributed by atoms with van der Waals surface area (Å²) in [6.45, 7) is 7.09. The zero-order chi connectivity index (χ0) is 15.5. The van der Waals surface area contributed by atoms with E-state index in [9.17, 15) is 9.59 Å². The van der Waals surface area contributed by atoms with Crippen molar-refractivity contribution in [2.75, 3.05) is 5.73 Å². The van der Waals surface area contributed by atoms with Gasteiger partial charge in [-0.15, -0.1) is 0 Å². The highest BCUT2D eigenvalue weighted by Crippen LogP contribution is 2.18. The van der Waals surface area contributed by atoms with Crippen LogP contribution in [0.5, 0.6) is 0 Å². The fourth-order valence-electron chi connectivity index (χ4n) is 1.48. The lowest BCUT2D eigenvalue weighted by Gasteiger charge is -2.23. The number of nitrogens with one attached hydrogen (secondary N) is 1. The van der Waals surface area contributed by atoms with Gasteiger partial charge < -0.3 is 15.8 Å². The molecule has 0 aliphatic heterocycles. The third kappa shape index (κ3) is 5.21. The molecule has 0 spiro atoms. The lowest BCUT2D eigenvalue weighted by atomic mass is 10.1. The fraction of sp³-hybridized carbons (Fsp3) is 0.429. The summed E-state index contributed by atoms with van der Waals surface area (Å²) in [5.74, 6) is -0.927. The first kappa shape index (κ1) is 16.5. The van der Waals surface area contributed by atoms with Crippen LogP contribution in [0, 0.1) is 0 Å². The maximum atomic E-state index is 12.0. The van der Waals surface area contributed by atoms with Crippen molar-refractivity contribution in [2.24, 2.45) is 0 Å². The van der Waals surface area contributed by atoms with Crippen LogP contribution < -0.4 is 11.1 Å². The molecule has 1 rings (SSSR count). The molecule has 0 aliphatic carbocycles. The van der Waals surface area contributed by atoms with Gasteiger partial charge >= 0.3 is 5.97 Å². The molecule has 1 atom stereocenters. The minimum absolute atomic E-state index is 0.298. The Bertz CT molecular complexity index is 503. The molecule has 0 fully saturated rings. The number of rotatable bonds is 3. The van der Waals surface area contributed by atoms with E-state index in [1.807, 2.05) is 20.8 Å². The summed E-state index contributed by atoms with van der Waals surface area (Å²) in [6.07, 6.45) is -0.873. The van der Waals surface area contributed by atoms with E-state index in [1.165, 1.54) is 13.0 Å². The summed E-state index contributed by atoms with van der Waals surface area (Å²) in [5, 5.41) is 2.75. The van der Waals surface area contributed by atoms with Crippen molar-refractivity contribution in [3.63, 3.8) is 0 Å². The van der Waals surface area contributed by atoms with Crippen LogP contribution in [0.25, 0.3) is 0 Å². The summed E-state index contributed by atoms with van der Waals surface area (Å²) >= 11 is 3.25. The number of carbonyl (C=O) groups excluding carboxylic acids is 2. The molecule has 1 aromatic rings. The Morgan fingerprint density at radius 1 is 1.30 bits per heavy atom. The van der Waals surface area contributed by atoms with Gasteiger partial charge in [0.15, 0.2) is 6.10 Å². The summed E-state index contributed by atoms with van der Waals surface area (Å²) < 4.78 is 5.80. The molecule has 0 aromatic heterocycles. The molecule has 0 aliphatic rings. The van der Waals surface area contributed by atoms with Crippen molar-refractivity contribution in [2.45, 2.75) is 39.3 Å². The minimum atomic E-state index is -0.873. The Morgan fingerprint density at radius 2 is 1.90 bits per heavy atom. The second kappa shape index (κ2) is 6.26. The van der Waals surface area contributed by atoms with E-state index in [2.05, 4.69) is 21.2 Å². The van der Waals surface area contributed by atoms with Gasteiger partial charge in [-0.1, -0.05) is 15.9 Å². The summed E-state index contributed by atoms with van der Waals surface area (Å²) in [7, 11) is 0.